The predicted octanol–water partition coefficient (Wildman–Crippen LogP) is 6.97. The number of carboxylic acid groups (broad SMARTS) is 1. The Kier molecular flexibility index (Phi) is 12.8. The van der Waals surface area contributed by atoms with Crippen molar-refractivity contribution in [3.05, 3.63) is 65.2 Å². The molecule has 0 unspecified atom stereocenters. The molecule has 2 rings (SSSR count). The lowest BCUT2D eigenvalue weighted by Gasteiger charge is -2.21. The number of carboxylic acids is 1. The molecular formula is C29H37F3N2O4. The molecule has 0 atom stereocenters. The Labute approximate surface area is 222 Å². The van der Waals surface area contributed by atoms with Gasteiger partial charge in [0.05, 0.1) is 12.1 Å². The predicted molar refractivity (Wildman–Crippen MR) is 141 cm³/mol. The molecule has 0 aromatic heterocycles. The fraction of sp³-hybridized carbons (Fsp3) is 0.483. The Balaban J connectivity index is 1.84. The van der Waals surface area contributed by atoms with Crippen molar-refractivity contribution in [2.45, 2.75) is 83.9 Å². The summed E-state index contributed by atoms with van der Waals surface area (Å²) in [5, 5.41) is 12.1. The number of aliphatic carboxylic acids is 1. The van der Waals surface area contributed by atoms with Gasteiger partial charge >= 0.3 is 18.1 Å². The van der Waals surface area contributed by atoms with Gasteiger partial charge in [0.25, 0.3) is 5.91 Å². The van der Waals surface area contributed by atoms with Crippen molar-refractivity contribution in [2.24, 2.45) is 0 Å². The summed E-state index contributed by atoms with van der Waals surface area (Å²) in [6, 6.07) is 10.00. The molecule has 2 aromatic carbocycles. The molecular weight excluding hydrogens is 497 g/mol. The average Bonchev–Trinajstić information content (AvgIpc) is 2.89. The molecule has 0 radical (unpaired) electrons. The number of hydrogen-bond acceptors (Lipinski definition) is 3. The van der Waals surface area contributed by atoms with Crippen LogP contribution in [-0.4, -0.2) is 29.4 Å². The molecule has 0 bridgehead atoms. The summed E-state index contributed by atoms with van der Waals surface area (Å²) in [6.07, 6.45) is 7.54. The molecule has 0 aliphatic rings. The van der Waals surface area contributed by atoms with Crippen molar-refractivity contribution in [3.63, 3.8) is 0 Å². The van der Waals surface area contributed by atoms with Gasteiger partial charge in [0.2, 0.25) is 0 Å². The van der Waals surface area contributed by atoms with Crippen LogP contribution in [0.1, 0.15) is 92.6 Å². The minimum atomic E-state index is -4.55. The Bertz CT molecular complexity index is 1020. The van der Waals surface area contributed by atoms with E-state index in [-0.39, 0.29) is 18.1 Å². The summed E-state index contributed by atoms with van der Waals surface area (Å²) in [5.74, 6) is -3.23. The monoisotopic (exact) mass is 534 g/mol. The number of unbranched alkanes of at least 4 members (excludes halogenated alkanes) is 9. The molecule has 0 saturated carbocycles. The van der Waals surface area contributed by atoms with Crippen LogP contribution in [0.25, 0.3) is 0 Å². The molecule has 2 amide bonds. The number of nitrogens with zero attached hydrogens (tertiary/aromatic N) is 1. The molecule has 0 aliphatic heterocycles. The summed E-state index contributed by atoms with van der Waals surface area (Å²) < 4.78 is 38.6. The number of anilines is 1. The molecule has 38 heavy (non-hydrogen) atoms. The summed E-state index contributed by atoms with van der Waals surface area (Å²) >= 11 is 0. The third-order valence-electron chi connectivity index (χ3n) is 6.31. The van der Waals surface area contributed by atoms with Crippen molar-refractivity contribution in [2.75, 3.05) is 11.4 Å². The maximum atomic E-state index is 12.9. The molecule has 0 spiro atoms. The second kappa shape index (κ2) is 15.8. The van der Waals surface area contributed by atoms with E-state index in [2.05, 4.69) is 12.2 Å². The third-order valence-corrected chi connectivity index (χ3v) is 6.31. The van der Waals surface area contributed by atoms with Gasteiger partial charge in [-0.3, -0.25) is 14.5 Å². The van der Waals surface area contributed by atoms with Gasteiger partial charge in [-0.25, -0.2) is 4.79 Å². The van der Waals surface area contributed by atoms with Gasteiger partial charge in [-0.15, -0.1) is 0 Å². The maximum absolute atomic E-state index is 12.9. The van der Waals surface area contributed by atoms with E-state index in [1.165, 1.54) is 44.9 Å². The highest BCUT2D eigenvalue weighted by Gasteiger charge is 2.31. The van der Waals surface area contributed by atoms with Crippen LogP contribution in [0, 0.1) is 0 Å². The second-order valence-corrected chi connectivity index (χ2v) is 9.38. The van der Waals surface area contributed by atoms with Crippen molar-refractivity contribution in [1.82, 2.24) is 5.32 Å². The van der Waals surface area contributed by atoms with Crippen molar-refractivity contribution in [1.29, 1.82) is 0 Å². The van der Waals surface area contributed by atoms with Gasteiger partial charge in [0.1, 0.15) is 0 Å². The van der Waals surface area contributed by atoms with E-state index in [1.807, 2.05) is 0 Å². The molecule has 0 heterocycles. The first-order chi connectivity index (χ1) is 18.1. The van der Waals surface area contributed by atoms with E-state index in [9.17, 15) is 32.7 Å². The van der Waals surface area contributed by atoms with Crippen LogP contribution in [0.2, 0.25) is 0 Å². The number of hydrogen-bond donors (Lipinski definition) is 2. The SMILES string of the molecule is CCCCCCCCCCCCNC(=O)c1ccc(CN(C(=O)C(=O)O)c2ccc(C(F)(F)F)cc2)cc1. The molecule has 2 N–H and O–H groups in total. The van der Waals surface area contributed by atoms with Crippen molar-refractivity contribution >= 4 is 23.5 Å². The molecule has 2 aromatic rings. The van der Waals surface area contributed by atoms with E-state index < -0.39 is 23.6 Å². The largest absolute Gasteiger partial charge is 0.474 e. The Morgan fingerprint density at radius 3 is 1.82 bits per heavy atom. The molecule has 0 saturated heterocycles. The zero-order valence-corrected chi connectivity index (χ0v) is 21.9. The van der Waals surface area contributed by atoms with E-state index in [0.717, 1.165) is 48.4 Å². The first-order valence-corrected chi connectivity index (χ1v) is 13.2. The maximum Gasteiger partial charge on any atom is 0.416 e. The zero-order valence-electron chi connectivity index (χ0n) is 21.9. The smallest absolute Gasteiger partial charge is 0.416 e. The van der Waals surface area contributed by atoms with Gasteiger partial charge in [0, 0.05) is 17.8 Å². The fourth-order valence-electron chi connectivity index (χ4n) is 4.09. The molecule has 9 heteroatoms. The number of carbonyl (C=O) groups is 3. The summed E-state index contributed by atoms with van der Waals surface area (Å²) in [7, 11) is 0. The third kappa shape index (κ3) is 10.6. The van der Waals surface area contributed by atoms with Crippen molar-refractivity contribution < 1.29 is 32.7 Å². The number of amides is 2. The van der Waals surface area contributed by atoms with E-state index in [4.69, 9.17) is 0 Å². The minimum Gasteiger partial charge on any atom is -0.474 e. The van der Waals surface area contributed by atoms with Crippen LogP contribution < -0.4 is 10.2 Å². The van der Waals surface area contributed by atoms with Crippen molar-refractivity contribution in [3.8, 4) is 0 Å². The number of alkyl halides is 3. The van der Waals surface area contributed by atoms with Crippen LogP contribution >= 0.6 is 0 Å². The van der Waals surface area contributed by atoms with Crippen LogP contribution in [0.4, 0.5) is 18.9 Å². The quantitative estimate of drug-likeness (QED) is 0.191. The Morgan fingerprint density at radius 2 is 1.32 bits per heavy atom. The number of nitrogens with one attached hydrogen (secondary N) is 1. The number of halogens is 3. The van der Waals surface area contributed by atoms with E-state index in [0.29, 0.717) is 17.7 Å². The molecule has 208 valence electrons. The summed E-state index contributed by atoms with van der Waals surface area (Å²) in [6.45, 7) is 2.60. The molecule has 6 nitrogen and oxygen atoms in total. The van der Waals surface area contributed by atoms with E-state index >= 15 is 0 Å². The van der Waals surface area contributed by atoms with Gasteiger partial charge in [-0.2, -0.15) is 13.2 Å². The second-order valence-electron chi connectivity index (χ2n) is 9.38. The topological polar surface area (TPSA) is 86.7 Å². The number of benzene rings is 2. The van der Waals surface area contributed by atoms with Crippen LogP contribution in [0.3, 0.4) is 0 Å². The lowest BCUT2D eigenvalue weighted by atomic mass is 10.1. The minimum absolute atomic E-state index is 0.0173. The Hall–Kier alpha value is -3.36. The highest BCUT2D eigenvalue weighted by Crippen LogP contribution is 2.31. The zero-order chi connectivity index (χ0) is 28.0. The standard InChI is InChI=1S/C29H37F3N2O4/c1-2-3-4-5-6-7-8-9-10-11-20-33-26(35)23-14-12-22(13-15-23)21-34(27(36)28(37)38)25-18-16-24(17-19-25)29(30,31)32/h12-19H,2-11,20-21H2,1H3,(H,33,35)(H,37,38). The van der Waals surface area contributed by atoms with E-state index in [1.54, 1.807) is 24.3 Å². The summed E-state index contributed by atoms with van der Waals surface area (Å²) in [4.78, 5) is 36.8. The fourth-order valence-corrected chi connectivity index (χ4v) is 4.09. The lowest BCUT2D eigenvalue weighted by Crippen LogP contribution is -2.36. The van der Waals surface area contributed by atoms with Gasteiger partial charge in [0.15, 0.2) is 0 Å². The first kappa shape index (κ1) is 30.9. The number of rotatable bonds is 15. The highest BCUT2D eigenvalue weighted by atomic mass is 19.4. The van der Waals surface area contributed by atoms with Gasteiger partial charge in [-0.1, -0.05) is 76.8 Å². The van der Waals surface area contributed by atoms with Gasteiger partial charge in [-0.05, 0) is 48.4 Å². The molecule has 0 fully saturated rings. The lowest BCUT2D eigenvalue weighted by molar-refractivity contribution is -0.148. The average molecular weight is 535 g/mol. The summed E-state index contributed by atoms with van der Waals surface area (Å²) in [5.41, 5.74) is 0.0538. The van der Waals surface area contributed by atoms with Crippen LogP contribution in [0.15, 0.2) is 48.5 Å². The van der Waals surface area contributed by atoms with Crippen LogP contribution in [-0.2, 0) is 22.3 Å². The van der Waals surface area contributed by atoms with Crippen LogP contribution in [0.5, 0.6) is 0 Å². The normalized spacial score (nSPS) is 11.3. The molecule has 0 aliphatic carbocycles. The Morgan fingerprint density at radius 1 is 0.789 bits per heavy atom. The van der Waals surface area contributed by atoms with Gasteiger partial charge < -0.3 is 10.4 Å². The number of carbonyl (C=O) groups excluding carboxylic acids is 2. The first-order valence-electron chi connectivity index (χ1n) is 13.2. The highest BCUT2D eigenvalue weighted by molar-refractivity contribution is 6.37.